The van der Waals surface area contributed by atoms with E-state index in [1.54, 1.807) is 28.8 Å². The molecule has 4 nitrogen and oxygen atoms in total. The molecular formula is C15H18BrNO3S. The Morgan fingerprint density at radius 3 is 2.81 bits per heavy atom. The molecule has 114 valence electrons. The quantitative estimate of drug-likeness (QED) is 0.879. The normalized spacial score (nSPS) is 21.6. The van der Waals surface area contributed by atoms with Gasteiger partial charge in [0.2, 0.25) is 0 Å². The van der Waals surface area contributed by atoms with Crippen molar-refractivity contribution < 1.29 is 14.7 Å². The van der Waals surface area contributed by atoms with Crippen LogP contribution in [0.15, 0.2) is 22.7 Å². The zero-order valence-electron chi connectivity index (χ0n) is 12.0. The number of thioether (sulfide) groups is 1. The molecule has 0 aliphatic carbocycles. The maximum atomic E-state index is 12.8. The highest BCUT2D eigenvalue weighted by Crippen LogP contribution is 2.34. The van der Waals surface area contributed by atoms with Gasteiger partial charge in [0.25, 0.3) is 5.91 Å². The number of rotatable bonds is 4. The first kappa shape index (κ1) is 16.4. The van der Waals surface area contributed by atoms with Gasteiger partial charge in [-0.15, -0.1) is 11.8 Å². The lowest BCUT2D eigenvalue weighted by Crippen LogP contribution is -2.45. The van der Waals surface area contributed by atoms with Gasteiger partial charge in [0, 0.05) is 15.8 Å². The molecule has 6 heteroatoms. The van der Waals surface area contributed by atoms with Crippen LogP contribution >= 0.6 is 27.7 Å². The number of benzene rings is 1. The summed E-state index contributed by atoms with van der Waals surface area (Å²) in [4.78, 5) is 25.8. The van der Waals surface area contributed by atoms with Crippen LogP contribution in [0.5, 0.6) is 0 Å². The molecule has 2 rings (SSSR count). The summed E-state index contributed by atoms with van der Waals surface area (Å²) in [5.74, 6) is -0.662. The van der Waals surface area contributed by atoms with E-state index in [0.717, 1.165) is 22.9 Å². The Morgan fingerprint density at radius 1 is 1.48 bits per heavy atom. The molecule has 21 heavy (non-hydrogen) atoms. The van der Waals surface area contributed by atoms with Gasteiger partial charge < -0.3 is 10.0 Å². The molecule has 1 aromatic rings. The van der Waals surface area contributed by atoms with Crippen LogP contribution in [0.3, 0.4) is 0 Å². The Bertz CT molecular complexity index is 564. The summed E-state index contributed by atoms with van der Waals surface area (Å²) < 4.78 is 0.860. The molecular weight excluding hydrogens is 354 g/mol. The van der Waals surface area contributed by atoms with Crippen LogP contribution in [0.2, 0.25) is 0 Å². The number of amides is 1. The Morgan fingerprint density at radius 2 is 2.19 bits per heavy atom. The van der Waals surface area contributed by atoms with Crippen molar-refractivity contribution in [3.63, 3.8) is 0 Å². The van der Waals surface area contributed by atoms with Crippen LogP contribution in [-0.2, 0) is 4.79 Å². The second-order valence-electron chi connectivity index (χ2n) is 5.06. The molecule has 1 N–H and O–H groups in total. The van der Waals surface area contributed by atoms with Crippen molar-refractivity contribution in [3.05, 3.63) is 33.8 Å². The van der Waals surface area contributed by atoms with Crippen molar-refractivity contribution in [2.75, 3.05) is 5.75 Å². The van der Waals surface area contributed by atoms with Crippen molar-refractivity contribution in [1.82, 2.24) is 4.90 Å². The molecule has 1 aromatic carbocycles. The smallest absolute Gasteiger partial charge is 0.327 e. The average Bonchev–Trinajstić information content (AvgIpc) is 2.85. The number of aliphatic carboxylic acids is 1. The van der Waals surface area contributed by atoms with E-state index in [4.69, 9.17) is 0 Å². The summed E-state index contributed by atoms with van der Waals surface area (Å²) >= 11 is 4.98. The second kappa shape index (κ2) is 6.83. The largest absolute Gasteiger partial charge is 0.480 e. The minimum atomic E-state index is -0.929. The zero-order valence-corrected chi connectivity index (χ0v) is 14.4. The molecule has 1 amide bonds. The first-order chi connectivity index (χ1) is 9.97. The predicted molar refractivity (Wildman–Crippen MR) is 87.6 cm³/mol. The highest BCUT2D eigenvalue weighted by Gasteiger charge is 2.41. The van der Waals surface area contributed by atoms with Gasteiger partial charge in [-0.25, -0.2) is 4.79 Å². The number of carboxylic acids is 1. The summed E-state index contributed by atoms with van der Waals surface area (Å²) in [6, 6.07) is 4.70. The molecule has 0 radical (unpaired) electrons. The van der Waals surface area contributed by atoms with E-state index in [0.29, 0.717) is 11.3 Å². The van der Waals surface area contributed by atoms with Gasteiger partial charge in [-0.05, 0) is 31.0 Å². The first-order valence-electron chi connectivity index (χ1n) is 6.89. The lowest BCUT2D eigenvalue weighted by atomic mass is 10.1. The molecule has 0 bridgehead atoms. The highest BCUT2D eigenvalue weighted by molar-refractivity contribution is 9.10. The van der Waals surface area contributed by atoms with Gasteiger partial charge in [-0.2, -0.15) is 0 Å². The lowest BCUT2D eigenvalue weighted by Gasteiger charge is -2.28. The topological polar surface area (TPSA) is 57.6 Å². The SMILES string of the molecule is CCCC1SCC(C(=O)O)N1C(=O)c1cccc(Br)c1C. The van der Waals surface area contributed by atoms with Gasteiger partial charge in [-0.1, -0.05) is 35.3 Å². The number of carbonyl (C=O) groups excluding carboxylic acids is 1. The summed E-state index contributed by atoms with van der Waals surface area (Å²) in [5.41, 5.74) is 1.41. The van der Waals surface area contributed by atoms with Crippen LogP contribution in [-0.4, -0.2) is 39.1 Å². The second-order valence-corrected chi connectivity index (χ2v) is 7.12. The number of halogens is 1. The molecule has 1 aliphatic heterocycles. The number of carboxylic acid groups (broad SMARTS) is 1. The van der Waals surface area contributed by atoms with E-state index in [-0.39, 0.29) is 11.3 Å². The van der Waals surface area contributed by atoms with Crippen molar-refractivity contribution in [2.45, 2.75) is 38.1 Å². The van der Waals surface area contributed by atoms with Crippen LogP contribution in [0.25, 0.3) is 0 Å². The minimum Gasteiger partial charge on any atom is -0.480 e. The minimum absolute atomic E-state index is 0.0537. The standard InChI is InChI=1S/C15H18BrNO3S/c1-3-5-13-17(12(8-21-13)15(19)20)14(18)10-6-4-7-11(16)9(10)2/h4,6-7,12-13H,3,5,8H2,1-2H3,(H,19,20). The number of nitrogens with zero attached hydrogens (tertiary/aromatic N) is 1. The fourth-order valence-electron chi connectivity index (χ4n) is 2.47. The third-order valence-electron chi connectivity index (χ3n) is 3.65. The van der Waals surface area contributed by atoms with Gasteiger partial charge in [0.05, 0.1) is 5.37 Å². The molecule has 0 aromatic heterocycles. The Kier molecular flexibility index (Phi) is 5.32. The van der Waals surface area contributed by atoms with Gasteiger partial charge >= 0.3 is 5.97 Å². The lowest BCUT2D eigenvalue weighted by molar-refractivity contribution is -0.141. The van der Waals surface area contributed by atoms with E-state index in [1.165, 1.54) is 0 Å². The Hall–Kier alpha value is -1.01. The van der Waals surface area contributed by atoms with Crippen molar-refractivity contribution in [1.29, 1.82) is 0 Å². The van der Waals surface area contributed by atoms with Crippen LogP contribution in [0, 0.1) is 6.92 Å². The first-order valence-corrected chi connectivity index (χ1v) is 8.73. The molecule has 0 spiro atoms. The van der Waals surface area contributed by atoms with E-state index < -0.39 is 12.0 Å². The van der Waals surface area contributed by atoms with Crippen LogP contribution in [0.4, 0.5) is 0 Å². The maximum Gasteiger partial charge on any atom is 0.327 e. The number of hydrogen-bond acceptors (Lipinski definition) is 3. The summed E-state index contributed by atoms with van der Waals surface area (Å²) in [6.07, 6.45) is 1.73. The average molecular weight is 372 g/mol. The van der Waals surface area contributed by atoms with Crippen LogP contribution < -0.4 is 0 Å². The monoisotopic (exact) mass is 371 g/mol. The molecule has 1 heterocycles. The van der Waals surface area contributed by atoms with Crippen molar-refractivity contribution >= 4 is 39.6 Å². The van der Waals surface area contributed by atoms with Gasteiger partial charge in [0.1, 0.15) is 6.04 Å². The van der Waals surface area contributed by atoms with Crippen LogP contribution in [0.1, 0.15) is 35.7 Å². The summed E-state index contributed by atoms with van der Waals surface area (Å²) in [6.45, 7) is 3.91. The number of carbonyl (C=O) groups is 2. The summed E-state index contributed by atoms with van der Waals surface area (Å²) in [5, 5.41) is 9.32. The van der Waals surface area contributed by atoms with E-state index in [1.807, 2.05) is 19.9 Å². The summed E-state index contributed by atoms with van der Waals surface area (Å²) in [7, 11) is 0. The fraction of sp³-hybridized carbons (Fsp3) is 0.467. The maximum absolute atomic E-state index is 12.8. The molecule has 1 fully saturated rings. The molecule has 1 aliphatic rings. The van der Waals surface area contributed by atoms with E-state index in [2.05, 4.69) is 15.9 Å². The highest BCUT2D eigenvalue weighted by atomic mass is 79.9. The number of hydrogen-bond donors (Lipinski definition) is 1. The third kappa shape index (κ3) is 3.26. The van der Waals surface area contributed by atoms with Gasteiger partial charge in [-0.3, -0.25) is 4.79 Å². The molecule has 1 saturated heterocycles. The molecule has 0 saturated carbocycles. The molecule has 2 atom stereocenters. The Labute approximate surface area is 137 Å². The predicted octanol–water partition coefficient (Wildman–Crippen LogP) is 3.53. The third-order valence-corrected chi connectivity index (χ3v) is 5.86. The van der Waals surface area contributed by atoms with E-state index >= 15 is 0 Å². The van der Waals surface area contributed by atoms with E-state index in [9.17, 15) is 14.7 Å². The van der Waals surface area contributed by atoms with Crippen molar-refractivity contribution in [2.24, 2.45) is 0 Å². The molecule has 2 unspecified atom stereocenters. The van der Waals surface area contributed by atoms with Crippen molar-refractivity contribution in [3.8, 4) is 0 Å². The van der Waals surface area contributed by atoms with Gasteiger partial charge in [0.15, 0.2) is 0 Å². The Balaban J connectivity index is 2.37. The zero-order chi connectivity index (χ0) is 15.6. The fourth-order valence-corrected chi connectivity index (χ4v) is 4.35.